The summed E-state index contributed by atoms with van der Waals surface area (Å²) in [5.74, 6) is 1.48. The average Bonchev–Trinajstić information content (AvgIpc) is 2.61. The second-order valence-corrected chi connectivity index (χ2v) is 6.10. The van der Waals surface area contributed by atoms with Crippen molar-refractivity contribution in [1.29, 1.82) is 0 Å². The van der Waals surface area contributed by atoms with Gasteiger partial charge in [-0.1, -0.05) is 27.2 Å². The van der Waals surface area contributed by atoms with E-state index in [0.717, 1.165) is 6.42 Å². The van der Waals surface area contributed by atoms with E-state index in [1.54, 1.807) is 4.90 Å². The lowest BCUT2D eigenvalue weighted by Gasteiger charge is -2.28. The summed E-state index contributed by atoms with van der Waals surface area (Å²) in [6.45, 7) is 6.64. The van der Waals surface area contributed by atoms with Gasteiger partial charge in [0.25, 0.3) is 0 Å². The third-order valence-electron chi connectivity index (χ3n) is 3.72. The van der Waals surface area contributed by atoms with Crippen LogP contribution in [-0.4, -0.2) is 37.0 Å². The molecule has 1 rings (SSSR count). The minimum absolute atomic E-state index is 0.00412. The first kappa shape index (κ1) is 14.5. The molecule has 1 amide bonds. The van der Waals surface area contributed by atoms with Crippen molar-refractivity contribution in [2.45, 2.75) is 58.5 Å². The van der Waals surface area contributed by atoms with Crippen molar-refractivity contribution in [3.05, 3.63) is 0 Å². The van der Waals surface area contributed by atoms with E-state index in [1.165, 1.54) is 19.3 Å². The van der Waals surface area contributed by atoms with Crippen molar-refractivity contribution >= 4 is 5.91 Å². The van der Waals surface area contributed by atoms with Gasteiger partial charge in [-0.25, -0.2) is 0 Å². The number of amides is 1. The standard InChI is InChI=1S/C14H28N2O/c1-10(2)9-13(14(17)16(4)5)15-12-8-6-7-11(12)3/h10-13,15H,6-9H2,1-5H3. The van der Waals surface area contributed by atoms with Crippen LogP contribution in [0.1, 0.15) is 46.5 Å². The van der Waals surface area contributed by atoms with Gasteiger partial charge in [0.1, 0.15) is 0 Å². The molecule has 0 aromatic heterocycles. The van der Waals surface area contributed by atoms with E-state index in [0.29, 0.717) is 17.9 Å². The van der Waals surface area contributed by atoms with Crippen LogP contribution in [0.25, 0.3) is 0 Å². The molecule has 3 unspecified atom stereocenters. The maximum absolute atomic E-state index is 12.1. The Bertz CT molecular complexity index is 251. The lowest BCUT2D eigenvalue weighted by molar-refractivity contribution is -0.131. The Morgan fingerprint density at radius 2 is 2.00 bits per heavy atom. The summed E-state index contributed by atoms with van der Waals surface area (Å²) in [5.41, 5.74) is 0. The zero-order chi connectivity index (χ0) is 13.0. The molecule has 0 heterocycles. The molecule has 17 heavy (non-hydrogen) atoms. The normalized spacial score (nSPS) is 26.2. The highest BCUT2D eigenvalue weighted by atomic mass is 16.2. The van der Waals surface area contributed by atoms with E-state index in [9.17, 15) is 4.79 Å². The van der Waals surface area contributed by atoms with Crippen LogP contribution in [-0.2, 0) is 4.79 Å². The first-order valence-electron chi connectivity index (χ1n) is 6.89. The molecule has 3 nitrogen and oxygen atoms in total. The number of likely N-dealkylation sites (N-methyl/N-ethyl adjacent to an activating group) is 1. The summed E-state index contributed by atoms with van der Waals surface area (Å²) in [4.78, 5) is 13.8. The fourth-order valence-electron chi connectivity index (χ4n) is 2.67. The zero-order valence-electron chi connectivity index (χ0n) is 12.0. The monoisotopic (exact) mass is 240 g/mol. The molecule has 0 bridgehead atoms. The average molecular weight is 240 g/mol. The number of nitrogens with one attached hydrogen (secondary N) is 1. The molecule has 3 atom stereocenters. The summed E-state index contributed by atoms with van der Waals surface area (Å²) < 4.78 is 0. The predicted molar refractivity (Wildman–Crippen MR) is 71.9 cm³/mol. The summed E-state index contributed by atoms with van der Waals surface area (Å²) in [6, 6.07) is 0.526. The highest BCUT2D eigenvalue weighted by Gasteiger charge is 2.29. The quantitative estimate of drug-likeness (QED) is 0.799. The molecular formula is C14H28N2O. The number of carbonyl (C=O) groups is 1. The van der Waals surface area contributed by atoms with E-state index < -0.39 is 0 Å². The molecule has 0 aromatic rings. The molecule has 1 saturated carbocycles. The smallest absolute Gasteiger partial charge is 0.239 e. The molecule has 0 aliphatic heterocycles. The molecule has 0 aromatic carbocycles. The van der Waals surface area contributed by atoms with Gasteiger partial charge in [0.05, 0.1) is 6.04 Å². The highest BCUT2D eigenvalue weighted by Crippen LogP contribution is 2.26. The number of rotatable bonds is 5. The van der Waals surface area contributed by atoms with E-state index in [-0.39, 0.29) is 11.9 Å². The summed E-state index contributed by atoms with van der Waals surface area (Å²) >= 11 is 0. The molecule has 0 saturated heterocycles. The second-order valence-electron chi connectivity index (χ2n) is 6.10. The summed E-state index contributed by atoms with van der Waals surface area (Å²) in [5, 5.41) is 3.59. The largest absolute Gasteiger partial charge is 0.347 e. The van der Waals surface area contributed by atoms with E-state index >= 15 is 0 Å². The Labute approximate surface area is 106 Å². The maximum atomic E-state index is 12.1. The first-order chi connectivity index (χ1) is 7.91. The fourth-order valence-corrected chi connectivity index (χ4v) is 2.67. The Morgan fingerprint density at radius 3 is 2.41 bits per heavy atom. The second kappa shape index (κ2) is 6.39. The van der Waals surface area contributed by atoms with Crippen molar-refractivity contribution in [3.8, 4) is 0 Å². The Balaban J connectivity index is 2.59. The number of carbonyl (C=O) groups excluding carboxylic acids is 1. The van der Waals surface area contributed by atoms with E-state index in [1.807, 2.05) is 14.1 Å². The molecule has 100 valence electrons. The van der Waals surface area contributed by atoms with Crippen molar-refractivity contribution in [3.63, 3.8) is 0 Å². The van der Waals surface area contributed by atoms with E-state index in [2.05, 4.69) is 26.1 Å². The first-order valence-corrected chi connectivity index (χ1v) is 6.89. The maximum Gasteiger partial charge on any atom is 0.239 e. The number of hydrogen-bond acceptors (Lipinski definition) is 2. The molecule has 0 radical (unpaired) electrons. The van der Waals surface area contributed by atoms with Crippen LogP contribution in [0.5, 0.6) is 0 Å². The minimum Gasteiger partial charge on any atom is -0.347 e. The Kier molecular flexibility index (Phi) is 5.44. The van der Waals surface area contributed by atoms with Crippen LogP contribution >= 0.6 is 0 Å². The number of nitrogens with zero attached hydrogens (tertiary/aromatic N) is 1. The molecule has 1 aliphatic rings. The third kappa shape index (κ3) is 4.30. The van der Waals surface area contributed by atoms with Gasteiger partial charge < -0.3 is 10.2 Å². The molecule has 0 spiro atoms. The van der Waals surface area contributed by atoms with Gasteiger partial charge >= 0.3 is 0 Å². The van der Waals surface area contributed by atoms with Gasteiger partial charge in [-0.3, -0.25) is 4.79 Å². The topological polar surface area (TPSA) is 32.3 Å². The van der Waals surface area contributed by atoms with Gasteiger partial charge in [0.15, 0.2) is 0 Å². The molecule has 1 N–H and O–H groups in total. The van der Waals surface area contributed by atoms with Gasteiger partial charge in [-0.05, 0) is 31.1 Å². The fraction of sp³-hybridized carbons (Fsp3) is 0.929. The van der Waals surface area contributed by atoms with Gasteiger partial charge in [0.2, 0.25) is 5.91 Å². The van der Waals surface area contributed by atoms with Crippen LogP contribution in [0.4, 0.5) is 0 Å². The lowest BCUT2D eigenvalue weighted by atomic mass is 9.99. The molecular weight excluding hydrogens is 212 g/mol. The summed E-state index contributed by atoms with van der Waals surface area (Å²) in [6.07, 6.45) is 4.74. The van der Waals surface area contributed by atoms with Gasteiger partial charge in [-0.15, -0.1) is 0 Å². The number of hydrogen-bond donors (Lipinski definition) is 1. The zero-order valence-corrected chi connectivity index (χ0v) is 12.0. The third-order valence-corrected chi connectivity index (χ3v) is 3.72. The van der Waals surface area contributed by atoms with Crippen LogP contribution in [0, 0.1) is 11.8 Å². The Morgan fingerprint density at radius 1 is 1.35 bits per heavy atom. The molecule has 1 fully saturated rings. The van der Waals surface area contributed by atoms with Crippen LogP contribution in [0.15, 0.2) is 0 Å². The minimum atomic E-state index is -0.00412. The highest BCUT2D eigenvalue weighted by molar-refractivity contribution is 5.81. The predicted octanol–water partition coefficient (Wildman–Crippen LogP) is 2.27. The lowest BCUT2D eigenvalue weighted by Crippen LogP contribution is -2.49. The van der Waals surface area contributed by atoms with Crippen LogP contribution in [0.2, 0.25) is 0 Å². The molecule has 3 heteroatoms. The van der Waals surface area contributed by atoms with Gasteiger partial charge in [-0.2, -0.15) is 0 Å². The van der Waals surface area contributed by atoms with Crippen LogP contribution in [0.3, 0.4) is 0 Å². The van der Waals surface area contributed by atoms with Crippen LogP contribution < -0.4 is 5.32 Å². The SMILES string of the molecule is CC(C)CC(NC1CCCC1C)C(=O)N(C)C. The Hall–Kier alpha value is -0.570. The van der Waals surface area contributed by atoms with Gasteiger partial charge in [0, 0.05) is 20.1 Å². The van der Waals surface area contributed by atoms with Crippen molar-refractivity contribution in [2.75, 3.05) is 14.1 Å². The van der Waals surface area contributed by atoms with E-state index in [4.69, 9.17) is 0 Å². The van der Waals surface area contributed by atoms with Crippen molar-refractivity contribution < 1.29 is 4.79 Å². The summed E-state index contributed by atoms with van der Waals surface area (Å²) in [7, 11) is 3.69. The molecule has 1 aliphatic carbocycles. The van der Waals surface area contributed by atoms with Crippen molar-refractivity contribution in [1.82, 2.24) is 10.2 Å². The van der Waals surface area contributed by atoms with Crippen molar-refractivity contribution in [2.24, 2.45) is 11.8 Å².